The molecule has 0 saturated carbocycles. The number of hydrogen-bond donors (Lipinski definition) is 0. The molecule has 2 aromatic carbocycles. The zero-order valence-corrected chi connectivity index (χ0v) is 19.0. The highest BCUT2D eigenvalue weighted by atomic mass is 32.2. The van der Waals surface area contributed by atoms with Crippen LogP contribution in [0.4, 0.5) is 11.6 Å². The second-order valence-corrected chi connectivity index (χ2v) is 8.96. The third-order valence-corrected chi connectivity index (χ3v) is 6.97. The lowest BCUT2D eigenvalue weighted by Gasteiger charge is -2.33. The van der Waals surface area contributed by atoms with Crippen LogP contribution < -0.4 is 4.90 Å². The smallest absolute Gasteiger partial charge is 0.337 e. The summed E-state index contributed by atoms with van der Waals surface area (Å²) in [4.78, 5) is 24.0. The van der Waals surface area contributed by atoms with Gasteiger partial charge in [0.2, 0.25) is 5.95 Å². The number of carbonyl (C=O) groups excluding carboxylic acids is 1. The number of aryl methyl sites for hydroxylation is 1. The summed E-state index contributed by atoms with van der Waals surface area (Å²) in [6.45, 7) is 0.821. The predicted molar refractivity (Wildman–Crippen MR) is 131 cm³/mol. The van der Waals surface area contributed by atoms with Gasteiger partial charge in [-0.2, -0.15) is 4.99 Å². The van der Waals surface area contributed by atoms with Gasteiger partial charge in [0.05, 0.1) is 29.6 Å². The Morgan fingerprint density at radius 3 is 2.78 bits per heavy atom. The van der Waals surface area contributed by atoms with Gasteiger partial charge >= 0.3 is 5.97 Å². The summed E-state index contributed by atoms with van der Waals surface area (Å²) in [5.74, 6) is 1.20. The van der Waals surface area contributed by atoms with Gasteiger partial charge in [-0.1, -0.05) is 41.6 Å². The molecule has 0 unspecified atom stereocenters. The van der Waals surface area contributed by atoms with Gasteiger partial charge in [-0.25, -0.2) is 9.78 Å². The van der Waals surface area contributed by atoms with Gasteiger partial charge in [0.25, 0.3) is 0 Å². The number of ether oxygens (including phenoxy) is 1. The molecule has 6 nitrogen and oxygen atoms in total. The first kappa shape index (κ1) is 20.8. The lowest BCUT2D eigenvalue weighted by atomic mass is 9.97. The second-order valence-electron chi connectivity index (χ2n) is 8.05. The van der Waals surface area contributed by atoms with E-state index in [1.165, 1.54) is 38.4 Å². The number of methoxy groups -OCH3 is 1. The van der Waals surface area contributed by atoms with Crippen LogP contribution >= 0.6 is 11.8 Å². The average molecular weight is 447 g/mol. The van der Waals surface area contributed by atoms with E-state index >= 15 is 0 Å². The number of nitrogens with zero attached hydrogens (tertiary/aromatic N) is 4. The van der Waals surface area contributed by atoms with Crippen molar-refractivity contribution in [3.63, 3.8) is 0 Å². The maximum Gasteiger partial charge on any atom is 0.337 e. The molecule has 0 amide bonds. The average Bonchev–Trinajstić information content (AvgIpc) is 3.17. The molecule has 5 rings (SSSR count). The van der Waals surface area contributed by atoms with Gasteiger partial charge < -0.3 is 14.2 Å². The number of allylic oxidation sites excluding steroid dienone is 2. The van der Waals surface area contributed by atoms with Crippen LogP contribution in [0.3, 0.4) is 0 Å². The topological polar surface area (TPSA) is 59.7 Å². The number of imidazole rings is 1. The van der Waals surface area contributed by atoms with Crippen molar-refractivity contribution in [2.45, 2.75) is 38.6 Å². The monoisotopic (exact) mass is 446 g/mol. The Balaban J connectivity index is 1.50. The van der Waals surface area contributed by atoms with E-state index in [-0.39, 0.29) is 5.97 Å². The number of anilines is 1. The Morgan fingerprint density at radius 2 is 2.06 bits per heavy atom. The number of esters is 1. The summed E-state index contributed by atoms with van der Waals surface area (Å²) >= 11 is 1.72. The summed E-state index contributed by atoms with van der Waals surface area (Å²) in [6, 6.07) is 15.8. The van der Waals surface area contributed by atoms with Gasteiger partial charge in [-0.15, -0.1) is 0 Å². The first-order chi connectivity index (χ1) is 15.7. The normalized spacial score (nSPS) is 17.3. The van der Waals surface area contributed by atoms with Crippen molar-refractivity contribution in [1.29, 1.82) is 0 Å². The fourth-order valence-electron chi connectivity index (χ4n) is 4.21. The minimum atomic E-state index is -0.355. The lowest BCUT2D eigenvalue weighted by molar-refractivity contribution is 0.0601. The Hall–Kier alpha value is -3.06. The van der Waals surface area contributed by atoms with Crippen LogP contribution in [0.5, 0.6) is 0 Å². The van der Waals surface area contributed by atoms with Crippen molar-refractivity contribution in [1.82, 2.24) is 9.55 Å². The van der Waals surface area contributed by atoms with Gasteiger partial charge in [-0.3, -0.25) is 0 Å². The highest BCUT2D eigenvalue weighted by Crippen LogP contribution is 2.33. The number of rotatable bonds is 6. The Kier molecular flexibility index (Phi) is 5.99. The van der Waals surface area contributed by atoms with Crippen LogP contribution in [0, 0.1) is 0 Å². The van der Waals surface area contributed by atoms with Crippen LogP contribution in [-0.2, 0) is 11.3 Å². The Bertz CT molecular complexity index is 1200. The third kappa shape index (κ3) is 4.17. The summed E-state index contributed by atoms with van der Waals surface area (Å²) in [6.07, 6.45) is 8.32. The minimum Gasteiger partial charge on any atom is -0.465 e. The molecular formula is C25H26N4O2S. The quantitative estimate of drug-likeness (QED) is 0.348. The highest BCUT2D eigenvalue weighted by Gasteiger charge is 2.26. The van der Waals surface area contributed by atoms with E-state index in [9.17, 15) is 4.79 Å². The Morgan fingerprint density at radius 1 is 1.19 bits per heavy atom. The molecule has 3 aromatic rings. The zero-order chi connectivity index (χ0) is 21.9. The van der Waals surface area contributed by atoms with E-state index in [4.69, 9.17) is 14.7 Å². The molecule has 0 spiro atoms. The standard InChI is InChI=1S/C25H26N4O2S/c1-31-23(30)19-12-13-22-21(16-19)26-24(28(22)15-14-18-8-4-2-5-9-18)27-25-29(17-32-25)20-10-6-3-7-11-20/h3,6-8,10-13,16H,2,4-5,9,14-15,17H2,1H3/b27-25-. The van der Waals surface area contributed by atoms with E-state index < -0.39 is 0 Å². The van der Waals surface area contributed by atoms with Gasteiger partial charge in [0, 0.05) is 12.2 Å². The molecule has 164 valence electrons. The lowest BCUT2D eigenvalue weighted by Crippen LogP contribution is -2.38. The van der Waals surface area contributed by atoms with Crippen molar-refractivity contribution >= 4 is 45.6 Å². The van der Waals surface area contributed by atoms with E-state index in [1.54, 1.807) is 23.9 Å². The maximum atomic E-state index is 12.0. The summed E-state index contributed by atoms with van der Waals surface area (Å²) in [7, 11) is 1.40. The van der Waals surface area contributed by atoms with E-state index in [0.29, 0.717) is 11.5 Å². The number of amidine groups is 1. The molecule has 0 bridgehead atoms. The van der Waals surface area contributed by atoms with E-state index in [2.05, 4.69) is 27.7 Å². The largest absolute Gasteiger partial charge is 0.465 e. The fourth-order valence-corrected chi connectivity index (χ4v) is 4.99. The van der Waals surface area contributed by atoms with E-state index in [1.807, 2.05) is 24.3 Å². The molecule has 1 aliphatic heterocycles. The third-order valence-electron chi connectivity index (χ3n) is 6.01. The number of hydrogen-bond acceptors (Lipinski definition) is 5. The first-order valence-electron chi connectivity index (χ1n) is 11.0. The molecule has 1 saturated heterocycles. The van der Waals surface area contributed by atoms with Crippen LogP contribution in [0.25, 0.3) is 11.0 Å². The second kappa shape index (κ2) is 9.20. The molecule has 1 fully saturated rings. The zero-order valence-electron chi connectivity index (χ0n) is 18.2. The number of aromatic nitrogens is 2. The number of benzene rings is 2. The first-order valence-corrected chi connectivity index (χ1v) is 12.0. The van der Waals surface area contributed by atoms with Crippen LogP contribution in [0.15, 0.2) is 65.2 Å². The number of thioether (sulfide) groups is 1. The maximum absolute atomic E-state index is 12.0. The van der Waals surface area contributed by atoms with Crippen molar-refractivity contribution in [3.05, 3.63) is 65.7 Å². The number of carbonyl (C=O) groups is 1. The molecule has 2 heterocycles. The summed E-state index contributed by atoms with van der Waals surface area (Å²) in [5, 5.41) is 0.942. The van der Waals surface area contributed by atoms with Crippen LogP contribution in [0.1, 0.15) is 42.5 Å². The summed E-state index contributed by atoms with van der Waals surface area (Å²) in [5.41, 5.74) is 4.91. The molecule has 32 heavy (non-hydrogen) atoms. The van der Waals surface area contributed by atoms with Gasteiger partial charge in [0.15, 0.2) is 5.17 Å². The highest BCUT2D eigenvalue weighted by molar-refractivity contribution is 8.16. The van der Waals surface area contributed by atoms with Crippen molar-refractivity contribution in [2.75, 3.05) is 17.9 Å². The SMILES string of the molecule is COC(=O)c1ccc2c(c1)nc(/N=C1\SCN1c1ccccc1)n2CCC1=CCCCC1. The molecule has 1 aromatic heterocycles. The number of fused-ring (bicyclic) bond motifs is 1. The van der Waals surface area contributed by atoms with Crippen LogP contribution in [-0.4, -0.2) is 33.7 Å². The number of aliphatic imine (C=N–C) groups is 1. The molecule has 7 heteroatoms. The van der Waals surface area contributed by atoms with Crippen molar-refractivity contribution < 1.29 is 9.53 Å². The molecular weight excluding hydrogens is 420 g/mol. The Labute approximate surface area is 192 Å². The van der Waals surface area contributed by atoms with E-state index in [0.717, 1.165) is 40.7 Å². The molecule has 0 N–H and O–H groups in total. The van der Waals surface area contributed by atoms with Crippen molar-refractivity contribution in [2.24, 2.45) is 4.99 Å². The van der Waals surface area contributed by atoms with Gasteiger partial charge in [-0.05, 0) is 62.4 Å². The van der Waals surface area contributed by atoms with Crippen LogP contribution in [0.2, 0.25) is 0 Å². The number of para-hydroxylation sites is 1. The molecule has 0 radical (unpaired) electrons. The molecule has 2 aliphatic rings. The minimum absolute atomic E-state index is 0.355. The predicted octanol–water partition coefficient (Wildman–Crippen LogP) is 5.91. The molecule has 1 aliphatic carbocycles. The summed E-state index contributed by atoms with van der Waals surface area (Å²) < 4.78 is 7.07. The van der Waals surface area contributed by atoms with Gasteiger partial charge in [0.1, 0.15) is 0 Å². The van der Waals surface area contributed by atoms with Crippen molar-refractivity contribution in [3.8, 4) is 0 Å². The fraction of sp³-hybridized carbons (Fsp3) is 0.320. The molecule has 0 atom stereocenters.